The van der Waals surface area contributed by atoms with Crippen molar-refractivity contribution < 1.29 is 13.9 Å². The first-order valence-electron chi connectivity index (χ1n) is 5.99. The summed E-state index contributed by atoms with van der Waals surface area (Å²) in [5.74, 6) is -0.475. The van der Waals surface area contributed by atoms with Crippen LogP contribution in [0.15, 0.2) is 24.7 Å². The van der Waals surface area contributed by atoms with Crippen molar-refractivity contribution in [3.8, 4) is 0 Å². The molecule has 0 bridgehead atoms. The largest absolute Gasteiger partial charge is 0.443 e. The van der Waals surface area contributed by atoms with Gasteiger partial charge in [-0.1, -0.05) is 0 Å². The Morgan fingerprint density at radius 3 is 2.80 bits per heavy atom. The number of nitrogens with zero attached hydrogens (tertiary/aromatic N) is 2. The first-order chi connectivity index (χ1) is 9.35. The second-order valence-electron chi connectivity index (χ2n) is 5.17. The molecule has 106 valence electrons. The van der Waals surface area contributed by atoms with Crippen LogP contribution in [0.25, 0.3) is 10.9 Å². The van der Waals surface area contributed by atoms with Gasteiger partial charge >= 0.3 is 6.09 Å². The zero-order valence-electron chi connectivity index (χ0n) is 11.4. The van der Waals surface area contributed by atoms with Gasteiger partial charge < -0.3 is 4.74 Å². The number of ether oxygens (including phenoxy) is 1. The predicted octanol–water partition coefficient (Wildman–Crippen LogP) is 2.62. The maximum Gasteiger partial charge on any atom is 0.426 e. The number of benzene rings is 1. The third kappa shape index (κ3) is 3.53. The molecule has 1 aromatic heterocycles. The smallest absolute Gasteiger partial charge is 0.426 e. The second kappa shape index (κ2) is 5.28. The molecule has 7 heteroatoms. The molecule has 1 aromatic carbocycles. The first kappa shape index (κ1) is 14.0. The summed E-state index contributed by atoms with van der Waals surface area (Å²) < 4.78 is 18.8. The van der Waals surface area contributed by atoms with E-state index in [0.717, 1.165) is 0 Å². The molecule has 2 N–H and O–H groups in total. The SMILES string of the molecule is CC(C)(C)OC(=O)NNc1cc(F)c2cncnc2c1. The van der Waals surface area contributed by atoms with Gasteiger partial charge in [0.25, 0.3) is 0 Å². The van der Waals surface area contributed by atoms with Crippen molar-refractivity contribution in [2.45, 2.75) is 26.4 Å². The minimum atomic E-state index is -0.652. The zero-order chi connectivity index (χ0) is 14.8. The van der Waals surface area contributed by atoms with Crippen molar-refractivity contribution in [2.75, 3.05) is 5.43 Å². The van der Waals surface area contributed by atoms with Gasteiger partial charge in [-0.15, -0.1) is 0 Å². The van der Waals surface area contributed by atoms with Gasteiger partial charge in [-0.25, -0.2) is 24.6 Å². The topological polar surface area (TPSA) is 76.1 Å². The first-order valence-corrected chi connectivity index (χ1v) is 5.99. The van der Waals surface area contributed by atoms with E-state index in [2.05, 4.69) is 20.8 Å². The Hall–Kier alpha value is -2.44. The van der Waals surface area contributed by atoms with Gasteiger partial charge in [0.2, 0.25) is 0 Å². The number of fused-ring (bicyclic) bond motifs is 1. The molecule has 0 radical (unpaired) electrons. The number of nitrogens with one attached hydrogen (secondary N) is 2. The summed E-state index contributed by atoms with van der Waals surface area (Å²) in [6, 6.07) is 2.83. The number of halogens is 1. The van der Waals surface area contributed by atoms with Crippen LogP contribution in [0, 0.1) is 5.82 Å². The Bertz CT molecular complexity index is 640. The van der Waals surface area contributed by atoms with Crippen LogP contribution in [-0.2, 0) is 4.74 Å². The normalized spacial score (nSPS) is 11.2. The fourth-order valence-electron chi connectivity index (χ4n) is 1.54. The van der Waals surface area contributed by atoms with E-state index in [1.54, 1.807) is 26.8 Å². The molecular formula is C13H15FN4O2. The van der Waals surface area contributed by atoms with Gasteiger partial charge in [0.05, 0.1) is 16.6 Å². The highest BCUT2D eigenvalue weighted by Gasteiger charge is 2.15. The van der Waals surface area contributed by atoms with Crippen molar-refractivity contribution in [1.82, 2.24) is 15.4 Å². The summed E-state index contributed by atoms with van der Waals surface area (Å²) in [4.78, 5) is 19.2. The minimum absolute atomic E-state index is 0.315. The van der Waals surface area contributed by atoms with Crippen LogP contribution in [0.4, 0.5) is 14.9 Å². The number of carbonyl (C=O) groups is 1. The van der Waals surface area contributed by atoms with E-state index < -0.39 is 17.5 Å². The number of hydrogen-bond donors (Lipinski definition) is 2. The summed E-state index contributed by atoms with van der Waals surface area (Å²) in [7, 11) is 0. The van der Waals surface area contributed by atoms with Gasteiger partial charge in [0.1, 0.15) is 17.7 Å². The van der Waals surface area contributed by atoms with Crippen LogP contribution in [0.3, 0.4) is 0 Å². The van der Waals surface area contributed by atoms with Gasteiger partial charge in [0.15, 0.2) is 0 Å². The van der Waals surface area contributed by atoms with E-state index in [4.69, 9.17) is 4.74 Å². The molecule has 0 atom stereocenters. The molecule has 2 rings (SSSR count). The average molecular weight is 278 g/mol. The van der Waals surface area contributed by atoms with Gasteiger partial charge in [-0.3, -0.25) is 5.43 Å². The van der Waals surface area contributed by atoms with E-state index in [9.17, 15) is 9.18 Å². The molecule has 0 saturated heterocycles. The lowest BCUT2D eigenvalue weighted by Crippen LogP contribution is -2.35. The number of anilines is 1. The molecule has 0 aliphatic rings. The van der Waals surface area contributed by atoms with Crippen molar-refractivity contribution in [2.24, 2.45) is 0 Å². The van der Waals surface area contributed by atoms with Crippen LogP contribution >= 0.6 is 0 Å². The fraction of sp³-hybridized carbons (Fsp3) is 0.308. The van der Waals surface area contributed by atoms with Crippen molar-refractivity contribution in [3.05, 3.63) is 30.5 Å². The van der Waals surface area contributed by atoms with E-state index in [-0.39, 0.29) is 0 Å². The van der Waals surface area contributed by atoms with E-state index in [1.807, 2.05) is 0 Å². The summed E-state index contributed by atoms with van der Waals surface area (Å²) in [5.41, 5.74) is 5.10. The molecule has 0 unspecified atom stereocenters. The number of hydrogen-bond acceptors (Lipinski definition) is 5. The molecule has 0 spiro atoms. The summed E-state index contributed by atoms with van der Waals surface area (Å²) in [6.07, 6.45) is 2.07. The lowest BCUT2D eigenvalue weighted by Gasteiger charge is -2.20. The van der Waals surface area contributed by atoms with Crippen molar-refractivity contribution in [1.29, 1.82) is 0 Å². The van der Waals surface area contributed by atoms with E-state index in [1.165, 1.54) is 18.6 Å². The molecule has 2 aromatic rings. The summed E-state index contributed by atoms with van der Waals surface area (Å²) in [6.45, 7) is 5.25. The number of carbonyl (C=O) groups excluding carboxylic acids is 1. The zero-order valence-corrected chi connectivity index (χ0v) is 11.4. The number of rotatable bonds is 2. The summed E-state index contributed by atoms with van der Waals surface area (Å²) >= 11 is 0. The molecule has 0 aliphatic carbocycles. The minimum Gasteiger partial charge on any atom is -0.443 e. The Kier molecular flexibility index (Phi) is 3.69. The van der Waals surface area contributed by atoms with Crippen LogP contribution in [-0.4, -0.2) is 21.7 Å². The Labute approximate surface area is 115 Å². The fourth-order valence-corrected chi connectivity index (χ4v) is 1.54. The Morgan fingerprint density at radius 1 is 1.35 bits per heavy atom. The lowest BCUT2D eigenvalue weighted by atomic mass is 10.2. The second-order valence-corrected chi connectivity index (χ2v) is 5.17. The highest BCUT2D eigenvalue weighted by molar-refractivity contribution is 5.82. The standard InChI is InChI=1S/C13H15FN4O2/c1-13(2,3)20-12(19)18-17-8-4-10(14)9-6-15-7-16-11(9)5-8/h4-7,17H,1-3H3,(H,18,19). The highest BCUT2D eigenvalue weighted by atomic mass is 19.1. The number of hydrazine groups is 1. The maximum absolute atomic E-state index is 13.8. The van der Waals surface area contributed by atoms with Gasteiger partial charge in [-0.05, 0) is 32.9 Å². The quantitative estimate of drug-likeness (QED) is 0.826. The molecule has 1 amide bonds. The highest BCUT2D eigenvalue weighted by Crippen LogP contribution is 2.19. The van der Waals surface area contributed by atoms with Crippen LogP contribution < -0.4 is 10.9 Å². The molecule has 20 heavy (non-hydrogen) atoms. The monoisotopic (exact) mass is 278 g/mol. The van der Waals surface area contributed by atoms with Gasteiger partial charge in [0, 0.05) is 6.20 Å². The molecule has 0 aliphatic heterocycles. The Morgan fingerprint density at radius 2 is 2.10 bits per heavy atom. The number of amides is 1. The lowest BCUT2D eigenvalue weighted by molar-refractivity contribution is 0.0541. The molecule has 0 saturated carbocycles. The average Bonchev–Trinajstić information content (AvgIpc) is 2.34. The molecule has 6 nitrogen and oxygen atoms in total. The van der Waals surface area contributed by atoms with E-state index >= 15 is 0 Å². The van der Waals surface area contributed by atoms with Crippen molar-refractivity contribution >= 4 is 22.7 Å². The maximum atomic E-state index is 13.8. The van der Waals surface area contributed by atoms with Crippen LogP contribution in [0.5, 0.6) is 0 Å². The third-order valence-corrected chi connectivity index (χ3v) is 2.28. The van der Waals surface area contributed by atoms with Crippen LogP contribution in [0.2, 0.25) is 0 Å². The number of aromatic nitrogens is 2. The summed E-state index contributed by atoms with van der Waals surface area (Å²) in [5, 5.41) is 0.315. The predicted molar refractivity (Wildman–Crippen MR) is 72.5 cm³/mol. The third-order valence-electron chi connectivity index (χ3n) is 2.28. The van der Waals surface area contributed by atoms with E-state index in [0.29, 0.717) is 16.6 Å². The van der Waals surface area contributed by atoms with Gasteiger partial charge in [-0.2, -0.15) is 0 Å². The Balaban J connectivity index is 2.09. The van der Waals surface area contributed by atoms with Crippen molar-refractivity contribution in [3.63, 3.8) is 0 Å². The molecular weight excluding hydrogens is 263 g/mol. The molecule has 1 heterocycles. The molecule has 0 fully saturated rings. The van der Waals surface area contributed by atoms with Crippen LogP contribution in [0.1, 0.15) is 20.8 Å².